The largest absolute Gasteiger partial charge is 0.393 e. The third-order valence-electron chi connectivity index (χ3n) is 5.49. The first kappa shape index (κ1) is 17.4. The van der Waals surface area contributed by atoms with Crippen molar-refractivity contribution in [2.45, 2.75) is 49.9 Å². The van der Waals surface area contributed by atoms with E-state index in [2.05, 4.69) is 27.2 Å². The molecule has 24 heavy (non-hydrogen) atoms. The third kappa shape index (κ3) is 3.97. The predicted molar refractivity (Wildman–Crippen MR) is 94.6 cm³/mol. The Morgan fingerprint density at radius 3 is 2.46 bits per heavy atom. The molecule has 2 heterocycles. The molecule has 2 fully saturated rings. The number of piperidine rings is 1. The number of carbonyl (C=O) groups excluding carboxylic acids is 1. The number of benzene rings is 1. The van der Waals surface area contributed by atoms with E-state index in [-0.39, 0.29) is 18.1 Å². The summed E-state index contributed by atoms with van der Waals surface area (Å²) in [5.74, 6) is 0.0890. The summed E-state index contributed by atoms with van der Waals surface area (Å²) < 4.78 is 0. The van der Waals surface area contributed by atoms with Crippen molar-refractivity contribution in [3.05, 3.63) is 35.9 Å². The molecule has 2 aliphatic rings. The van der Waals surface area contributed by atoms with E-state index in [4.69, 9.17) is 0 Å². The van der Waals surface area contributed by atoms with Crippen LogP contribution in [0.1, 0.15) is 37.3 Å². The molecule has 132 valence electrons. The summed E-state index contributed by atoms with van der Waals surface area (Å²) in [6.07, 6.45) is 3.67. The first-order valence-corrected chi connectivity index (χ1v) is 8.96. The fourth-order valence-corrected chi connectivity index (χ4v) is 4.21. The summed E-state index contributed by atoms with van der Waals surface area (Å²) in [7, 11) is 4.08. The molecule has 3 unspecified atom stereocenters. The van der Waals surface area contributed by atoms with Crippen molar-refractivity contribution in [2.24, 2.45) is 0 Å². The van der Waals surface area contributed by atoms with E-state index in [0.717, 1.165) is 25.7 Å². The van der Waals surface area contributed by atoms with Crippen molar-refractivity contribution in [2.75, 3.05) is 27.2 Å². The van der Waals surface area contributed by atoms with Crippen LogP contribution in [0, 0.1) is 0 Å². The van der Waals surface area contributed by atoms with Gasteiger partial charge in [-0.05, 0) is 45.3 Å². The van der Waals surface area contributed by atoms with Crippen molar-refractivity contribution < 1.29 is 9.90 Å². The van der Waals surface area contributed by atoms with Crippen molar-refractivity contribution in [3.8, 4) is 0 Å². The molecular formula is C19H29N3O2. The molecule has 2 bridgehead atoms. The molecule has 1 aromatic rings. The van der Waals surface area contributed by atoms with Gasteiger partial charge in [0.1, 0.15) is 0 Å². The van der Waals surface area contributed by atoms with Crippen LogP contribution in [-0.2, 0) is 4.79 Å². The number of nitrogens with zero attached hydrogens (tertiary/aromatic N) is 2. The molecule has 5 heteroatoms. The SMILES string of the molecule is CN(C)C(CNC(=O)CN1C2CCC1CC(O)C2)c1ccccc1. The third-order valence-corrected chi connectivity index (χ3v) is 5.49. The molecule has 0 spiro atoms. The van der Waals surface area contributed by atoms with Crippen LogP contribution in [0.15, 0.2) is 30.3 Å². The first-order chi connectivity index (χ1) is 11.5. The fraction of sp³-hybridized carbons (Fsp3) is 0.632. The molecule has 3 atom stereocenters. The summed E-state index contributed by atoms with van der Waals surface area (Å²) >= 11 is 0. The maximum absolute atomic E-state index is 12.4. The highest BCUT2D eigenvalue weighted by atomic mass is 16.3. The van der Waals surface area contributed by atoms with E-state index in [1.54, 1.807) is 0 Å². The molecule has 0 aliphatic carbocycles. The van der Waals surface area contributed by atoms with Crippen LogP contribution in [0.4, 0.5) is 0 Å². The summed E-state index contributed by atoms with van der Waals surface area (Å²) in [5.41, 5.74) is 1.21. The van der Waals surface area contributed by atoms with Gasteiger partial charge in [-0.15, -0.1) is 0 Å². The molecule has 1 aromatic carbocycles. The highest BCUT2D eigenvalue weighted by Gasteiger charge is 2.40. The van der Waals surface area contributed by atoms with E-state index in [1.165, 1.54) is 5.56 Å². The smallest absolute Gasteiger partial charge is 0.234 e. The maximum atomic E-state index is 12.4. The average molecular weight is 331 g/mol. The minimum Gasteiger partial charge on any atom is -0.393 e. The van der Waals surface area contributed by atoms with Gasteiger partial charge in [-0.3, -0.25) is 9.69 Å². The molecule has 3 rings (SSSR count). The summed E-state index contributed by atoms with van der Waals surface area (Å²) in [4.78, 5) is 16.9. The summed E-state index contributed by atoms with van der Waals surface area (Å²) in [5, 5.41) is 13.0. The Kier molecular flexibility index (Phi) is 5.54. The van der Waals surface area contributed by atoms with E-state index in [0.29, 0.717) is 25.2 Å². The molecule has 2 aliphatic heterocycles. The Bertz CT molecular complexity index is 535. The van der Waals surface area contributed by atoms with Gasteiger partial charge >= 0.3 is 0 Å². The van der Waals surface area contributed by atoms with E-state index < -0.39 is 0 Å². The number of carbonyl (C=O) groups is 1. The summed E-state index contributed by atoms with van der Waals surface area (Å²) in [6.45, 7) is 1.07. The number of likely N-dealkylation sites (N-methyl/N-ethyl adjacent to an activating group) is 1. The summed E-state index contributed by atoms with van der Waals surface area (Å²) in [6, 6.07) is 11.2. The van der Waals surface area contributed by atoms with Gasteiger partial charge < -0.3 is 15.3 Å². The Morgan fingerprint density at radius 2 is 1.88 bits per heavy atom. The number of aliphatic hydroxyl groups excluding tert-OH is 1. The lowest BCUT2D eigenvalue weighted by atomic mass is 10.00. The lowest BCUT2D eigenvalue weighted by molar-refractivity contribution is -0.124. The van der Waals surface area contributed by atoms with Crippen LogP contribution >= 0.6 is 0 Å². The number of hydrogen-bond donors (Lipinski definition) is 2. The number of rotatable bonds is 6. The second kappa shape index (κ2) is 7.64. The molecule has 0 saturated carbocycles. The molecule has 0 aromatic heterocycles. The minimum atomic E-state index is -0.182. The first-order valence-electron chi connectivity index (χ1n) is 8.96. The highest BCUT2D eigenvalue weighted by Crippen LogP contribution is 2.35. The van der Waals surface area contributed by atoms with Crippen LogP contribution in [0.25, 0.3) is 0 Å². The van der Waals surface area contributed by atoms with Gasteiger partial charge in [-0.2, -0.15) is 0 Å². The van der Waals surface area contributed by atoms with Gasteiger partial charge in [0.2, 0.25) is 5.91 Å². The molecule has 5 nitrogen and oxygen atoms in total. The quantitative estimate of drug-likeness (QED) is 0.827. The lowest BCUT2D eigenvalue weighted by Gasteiger charge is -2.36. The molecule has 1 amide bonds. The fourth-order valence-electron chi connectivity index (χ4n) is 4.21. The number of nitrogens with one attached hydrogen (secondary N) is 1. The van der Waals surface area contributed by atoms with Crippen LogP contribution in [-0.4, -0.2) is 66.2 Å². The monoisotopic (exact) mass is 331 g/mol. The van der Waals surface area contributed by atoms with Crippen LogP contribution in [0.2, 0.25) is 0 Å². The van der Waals surface area contributed by atoms with Gasteiger partial charge in [-0.1, -0.05) is 30.3 Å². The molecule has 2 N–H and O–H groups in total. The number of fused-ring (bicyclic) bond motifs is 2. The Balaban J connectivity index is 1.53. The number of hydrogen-bond acceptors (Lipinski definition) is 4. The van der Waals surface area contributed by atoms with Crippen molar-refractivity contribution >= 4 is 5.91 Å². The van der Waals surface area contributed by atoms with Crippen molar-refractivity contribution in [3.63, 3.8) is 0 Å². The molecule has 0 radical (unpaired) electrons. The van der Waals surface area contributed by atoms with Gasteiger partial charge in [-0.25, -0.2) is 0 Å². The second-order valence-corrected chi connectivity index (χ2v) is 7.38. The minimum absolute atomic E-state index is 0.0890. The number of amides is 1. The van der Waals surface area contributed by atoms with Gasteiger partial charge in [0.05, 0.1) is 18.7 Å². The van der Waals surface area contributed by atoms with Crippen LogP contribution in [0.5, 0.6) is 0 Å². The highest BCUT2D eigenvalue weighted by molar-refractivity contribution is 5.78. The van der Waals surface area contributed by atoms with Crippen LogP contribution in [0.3, 0.4) is 0 Å². The van der Waals surface area contributed by atoms with Gasteiger partial charge in [0.15, 0.2) is 0 Å². The van der Waals surface area contributed by atoms with Crippen molar-refractivity contribution in [1.29, 1.82) is 0 Å². The zero-order chi connectivity index (χ0) is 17.1. The average Bonchev–Trinajstić information content (AvgIpc) is 2.79. The lowest BCUT2D eigenvalue weighted by Crippen LogP contribution is -2.49. The van der Waals surface area contributed by atoms with Gasteiger partial charge in [0, 0.05) is 18.6 Å². The Hall–Kier alpha value is -1.43. The topological polar surface area (TPSA) is 55.8 Å². The predicted octanol–water partition coefficient (Wildman–Crippen LogP) is 1.39. The molecular weight excluding hydrogens is 302 g/mol. The second-order valence-electron chi connectivity index (χ2n) is 7.38. The Morgan fingerprint density at radius 1 is 1.25 bits per heavy atom. The maximum Gasteiger partial charge on any atom is 0.234 e. The Labute approximate surface area is 144 Å². The zero-order valence-electron chi connectivity index (χ0n) is 14.7. The van der Waals surface area contributed by atoms with E-state index in [9.17, 15) is 9.90 Å². The molecule has 2 saturated heterocycles. The number of aliphatic hydroxyl groups is 1. The standard InChI is InChI=1S/C19H29N3O2/c1-21(2)18(14-6-4-3-5-7-14)12-20-19(24)13-22-15-8-9-16(22)11-17(23)10-15/h3-7,15-18,23H,8-13H2,1-2H3,(H,20,24). The van der Waals surface area contributed by atoms with E-state index >= 15 is 0 Å². The van der Waals surface area contributed by atoms with Crippen molar-refractivity contribution in [1.82, 2.24) is 15.1 Å². The zero-order valence-corrected chi connectivity index (χ0v) is 14.7. The van der Waals surface area contributed by atoms with E-state index in [1.807, 2.05) is 32.3 Å². The van der Waals surface area contributed by atoms with Crippen LogP contribution < -0.4 is 5.32 Å². The van der Waals surface area contributed by atoms with Gasteiger partial charge in [0.25, 0.3) is 0 Å². The normalized spacial score (nSPS) is 28.1.